The van der Waals surface area contributed by atoms with E-state index < -0.39 is 0 Å². The third kappa shape index (κ3) is 2.19. The molecule has 2 aromatic rings. The van der Waals surface area contributed by atoms with Crippen LogP contribution in [0.2, 0.25) is 0 Å². The number of carbonyl (C=O) groups is 1. The van der Waals surface area contributed by atoms with E-state index in [4.69, 9.17) is 0 Å². The van der Waals surface area contributed by atoms with Crippen molar-refractivity contribution in [1.82, 2.24) is 10.3 Å². The number of para-hydroxylation sites is 1. The van der Waals surface area contributed by atoms with Gasteiger partial charge in [-0.1, -0.05) is 18.2 Å². The summed E-state index contributed by atoms with van der Waals surface area (Å²) in [5.41, 5.74) is 1.70. The summed E-state index contributed by atoms with van der Waals surface area (Å²) in [6.45, 7) is 0.925. The number of fused-ring (bicyclic) bond motifs is 1. The molecule has 0 aliphatic carbocycles. The summed E-state index contributed by atoms with van der Waals surface area (Å²) in [4.78, 5) is 16.3. The lowest BCUT2D eigenvalue weighted by molar-refractivity contribution is -0.117. The molecule has 1 aliphatic rings. The molecule has 1 saturated heterocycles. The zero-order valence-electron chi connectivity index (χ0n) is 10.0. The summed E-state index contributed by atoms with van der Waals surface area (Å²) < 4.78 is 0. The van der Waals surface area contributed by atoms with Gasteiger partial charge in [0.15, 0.2) is 0 Å². The Hall–Kier alpha value is -1.94. The van der Waals surface area contributed by atoms with Crippen molar-refractivity contribution < 1.29 is 4.79 Å². The Morgan fingerprint density at radius 3 is 3.11 bits per heavy atom. The van der Waals surface area contributed by atoms with Crippen LogP contribution in [-0.2, 0) is 4.79 Å². The van der Waals surface area contributed by atoms with Gasteiger partial charge in [0.25, 0.3) is 0 Å². The van der Waals surface area contributed by atoms with Crippen LogP contribution in [0.1, 0.15) is 12.8 Å². The van der Waals surface area contributed by atoms with Gasteiger partial charge in [-0.25, -0.2) is 0 Å². The molecule has 1 amide bonds. The Bertz CT molecular complexity index is 576. The number of hydrogen-bond acceptors (Lipinski definition) is 3. The lowest BCUT2D eigenvalue weighted by Gasteiger charge is -2.11. The fourth-order valence-electron chi connectivity index (χ4n) is 2.28. The quantitative estimate of drug-likeness (QED) is 0.844. The van der Waals surface area contributed by atoms with Crippen LogP contribution in [0.3, 0.4) is 0 Å². The Kier molecular flexibility index (Phi) is 2.94. The normalized spacial score (nSPS) is 19.0. The standard InChI is InChI=1S/C14H15N3O/c18-14(13-6-3-7-15-13)17-11-8-10-4-1-2-5-12(10)16-9-11/h1-2,4-5,8-9,13,15H,3,6-7H2,(H,17,18). The molecule has 2 heterocycles. The van der Waals surface area contributed by atoms with Crippen LogP contribution in [0.4, 0.5) is 5.69 Å². The fourth-order valence-corrected chi connectivity index (χ4v) is 2.28. The molecule has 0 bridgehead atoms. The number of nitrogens with one attached hydrogen (secondary N) is 2. The van der Waals surface area contributed by atoms with Crippen molar-refractivity contribution in [3.63, 3.8) is 0 Å². The third-order valence-corrected chi connectivity index (χ3v) is 3.23. The molecular weight excluding hydrogens is 226 g/mol. The van der Waals surface area contributed by atoms with E-state index in [0.29, 0.717) is 0 Å². The number of hydrogen-bond donors (Lipinski definition) is 2. The molecule has 0 saturated carbocycles. The highest BCUT2D eigenvalue weighted by molar-refractivity contribution is 5.96. The summed E-state index contributed by atoms with van der Waals surface area (Å²) >= 11 is 0. The molecule has 92 valence electrons. The fraction of sp³-hybridized carbons (Fsp3) is 0.286. The van der Waals surface area contributed by atoms with Crippen LogP contribution in [0.15, 0.2) is 36.5 Å². The second kappa shape index (κ2) is 4.74. The van der Waals surface area contributed by atoms with Gasteiger partial charge in [-0.2, -0.15) is 0 Å². The molecule has 1 fully saturated rings. The van der Waals surface area contributed by atoms with E-state index in [9.17, 15) is 4.79 Å². The van der Waals surface area contributed by atoms with Crippen LogP contribution < -0.4 is 10.6 Å². The second-order valence-corrected chi connectivity index (χ2v) is 4.55. The minimum atomic E-state index is -0.0588. The van der Waals surface area contributed by atoms with Crippen LogP contribution in [-0.4, -0.2) is 23.5 Å². The molecule has 1 aromatic heterocycles. The number of anilines is 1. The minimum Gasteiger partial charge on any atom is -0.323 e. The van der Waals surface area contributed by atoms with Crippen molar-refractivity contribution in [2.24, 2.45) is 0 Å². The van der Waals surface area contributed by atoms with Crippen LogP contribution >= 0.6 is 0 Å². The van der Waals surface area contributed by atoms with Crippen molar-refractivity contribution in [2.45, 2.75) is 18.9 Å². The highest BCUT2D eigenvalue weighted by atomic mass is 16.2. The van der Waals surface area contributed by atoms with Crippen molar-refractivity contribution in [3.8, 4) is 0 Å². The highest BCUT2D eigenvalue weighted by Crippen LogP contribution is 2.17. The lowest BCUT2D eigenvalue weighted by atomic mass is 10.2. The predicted octanol–water partition coefficient (Wildman–Crippen LogP) is 1.93. The first-order valence-electron chi connectivity index (χ1n) is 6.22. The summed E-state index contributed by atoms with van der Waals surface area (Å²) in [6.07, 6.45) is 3.68. The number of nitrogens with zero attached hydrogens (tertiary/aromatic N) is 1. The van der Waals surface area contributed by atoms with Crippen LogP contribution in [0.25, 0.3) is 10.9 Å². The maximum atomic E-state index is 11.9. The van der Waals surface area contributed by atoms with Gasteiger partial charge in [-0.05, 0) is 31.5 Å². The number of pyridine rings is 1. The molecule has 4 nitrogen and oxygen atoms in total. The molecule has 1 unspecified atom stereocenters. The molecule has 0 radical (unpaired) electrons. The number of carbonyl (C=O) groups excluding carboxylic acids is 1. The monoisotopic (exact) mass is 241 g/mol. The van der Waals surface area contributed by atoms with Gasteiger partial charge in [0, 0.05) is 5.39 Å². The average molecular weight is 241 g/mol. The third-order valence-electron chi connectivity index (χ3n) is 3.23. The van der Waals surface area contributed by atoms with Gasteiger partial charge in [-0.15, -0.1) is 0 Å². The summed E-state index contributed by atoms with van der Waals surface area (Å²) in [5, 5.41) is 7.13. The number of rotatable bonds is 2. The maximum Gasteiger partial charge on any atom is 0.241 e. The molecule has 2 N–H and O–H groups in total. The molecule has 4 heteroatoms. The van der Waals surface area contributed by atoms with Gasteiger partial charge in [-0.3, -0.25) is 9.78 Å². The second-order valence-electron chi connectivity index (χ2n) is 4.55. The Labute approximate surface area is 105 Å². The van der Waals surface area contributed by atoms with Gasteiger partial charge in [0.1, 0.15) is 0 Å². The van der Waals surface area contributed by atoms with Gasteiger partial charge in [0.05, 0.1) is 23.4 Å². The van der Waals surface area contributed by atoms with E-state index in [1.807, 2.05) is 30.3 Å². The average Bonchev–Trinajstić information content (AvgIpc) is 2.92. The predicted molar refractivity (Wildman–Crippen MR) is 71.4 cm³/mol. The van der Waals surface area contributed by atoms with Crippen LogP contribution in [0.5, 0.6) is 0 Å². The molecule has 3 rings (SSSR count). The minimum absolute atomic E-state index is 0.0320. The molecule has 1 aromatic carbocycles. The zero-order chi connectivity index (χ0) is 12.4. The van der Waals surface area contributed by atoms with Crippen molar-refractivity contribution >= 4 is 22.5 Å². The summed E-state index contributed by atoms with van der Waals surface area (Å²) in [5.74, 6) is 0.0320. The summed E-state index contributed by atoms with van der Waals surface area (Å²) in [7, 11) is 0. The number of amides is 1. The lowest BCUT2D eigenvalue weighted by Crippen LogP contribution is -2.35. The highest BCUT2D eigenvalue weighted by Gasteiger charge is 2.21. The Morgan fingerprint density at radius 1 is 1.39 bits per heavy atom. The van der Waals surface area contributed by atoms with E-state index in [0.717, 1.165) is 36.0 Å². The first kappa shape index (κ1) is 11.2. The number of benzene rings is 1. The molecule has 0 spiro atoms. The van der Waals surface area contributed by atoms with Crippen molar-refractivity contribution in [2.75, 3.05) is 11.9 Å². The first-order chi connectivity index (χ1) is 8.83. The molecule has 1 atom stereocenters. The Morgan fingerprint density at radius 2 is 2.28 bits per heavy atom. The largest absolute Gasteiger partial charge is 0.323 e. The topological polar surface area (TPSA) is 54.0 Å². The maximum absolute atomic E-state index is 11.9. The van der Waals surface area contributed by atoms with E-state index in [2.05, 4.69) is 15.6 Å². The van der Waals surface area contributed by atoms with Gasteiger partial charge in [0.2, 0.25) is 5.91 Å². The SMILES string of the molecule is O=C(Nc1cnc2ccccc2c1)C1CCCN1. The molecule has 18 heavy (non-hydrogen) atoms. The van der Waals surface area contributed by atoms with E-state index in [1.54, 1.807) is 6.20 Å². The van der Waals surface area contributed by atoms with Gasteiger partial charge >= 0.3 is 0 Å². The molecule has 1 aliphatic heterocycles. The zero-order valence-corrected chi connectivity index (χ0v) is 10.0. The van der Waals surface area contributed by atoms with Crippen molar-refractivity contribution in [1.29, 1.82) is 0 Å². The summed E-state index contributed by atoms with van der Waals surface area (Å²) in [6, 6.07) is 9.77. The van der Waals surface area contributed by atoms with E-state index >= 15 is 0 Å². The molecular formula is C14H15N3O. The van der Waals surface area contributed by atoms with Gasteiger partial charge < -0.3 is 10.6 Å². The van der Waals surface area contributed by atoms with E-state index in [1.165, 1.54) is 0 Å². The van der Waals surface area contributed by atoms with E-state index in [-0.39, 0.29) is 11.9 Å². The van der Waals surface area contributed by atoms with Crippen molar-refractivity contribution in [3.05, 3.63) is 36.5 Å². The van der Waals surface area contributed by atoms with Crippen LogP contribution in [0, 0.1) is 0 Å². The Balaban J connectivity index is 1.79. The smallest absolute Gasteiger partial charge is 0.241 e. The number of aromatic nitrogens is 1. The first-order valence-corrected chi connectivity index (χ1v) is 6.22.